The Morgan fingerprint density at radius 3 is 2.65 bits per heavy atom. The number of nitrogens with one attached hydrogen (secondary N) is 1. The molecule has 2 heterocycles. The Balaban J connectivity index is 0.00000144. The van der Waals surface area contributed by atoms with Crippen molar-refractivity contribution >= 4 is 18.1 Å². The summed E-state index contributed by atoms with van der Waals surface area (Å²) in [7, 11) is 1.94. The van der Waals surface area contributed by atoms with Gasteiger partial charge in [0.15, 0.2) is 0 Å². The molecule has 0 saturated heterocycles. The molecule has 0 aromatic carbocycles. The molecule has 0 radical (unpaired) electrons. The van der Waals surface area contributed by atoms with Gasteiger partial charge in [0.2, 0.25) is 0 Å². The third-order valence-electron chi connectivity index (χ3n) is 2.56. The molecule has 2 aromatic rings. The van der Waals surface area contributed by atoms with Gasteiger partial charge in [0, 0.05) is 38.1 Å². The summed E-state index contributed by atoms with van der Waals surface area (Å²) in [6.07, 6.45) is 5.88. The van der Waals surface area contributed by atoms with Crippen LogP contribution in [0, 0.1) is 6.92 Å². The highest BCUT2D eigenvalue weighted by molar-refractivity contribution is 5.85. The minimum absolute atomic E-state index is 0. The predicted octanol–water partition coefficient (Wildman–Crippen LogP) is 1.98. The van der Waals surface area contributed by atoms with E-state index >= 15 is 0 Å². The second-order valence-electron chi connectivity index (χ2n) is 3.85. The van der Waals surface area contributed by atoms with E-state index in [1.165, 1.54) is 5.56 Å². The second-order valence-corrected chi connectivity index (χ2v) is 3.85. The zero-order valence-corrected chi connectivity index (χ0v) is 11.2. The summed E-state index contributed by atoms with van der Waals surface area (Å²) in [6, 6.07) is 0. The molecule has 0 aliphatic rings. The average molecular weight is 256 g/mol. The van der Waals surface area contributed by atoms with Crippen molar-refractivity contribution in [3.63, 3.8) is 0 Å². The van der Waals surface area contributed by atoms with Crippen molar-refractivity contribution < 1.29 is 0 Å². The van der Waals surface area contributed by atoms with Gasteiger partial charge in [-0.05, 0) is 13.8 Å². The Morgan fingerprint density at radius 1 is 1.35 bits per heavy atom. The third kappa shape index (κ3) is 3.23. The van der Waals surface area contributed by atoms with Crippen LogP contribution in [0.1, 0.15) is 18.2 Å². The van der Waals surface area contributed by atoms with Crippen molar-refractivity contribution in [3.05, 3.63) is 29.8 Å². The van der Waals surface area contributed by atoms with Crippen LogP contribution in [-0.2, 0) is 20.1 Å². The lowest BCUT2D eigenvalue weighted by molar-refractivity contribution is 0.660. The number of halogens is 1. The summed E-state index contributed by atoms with van der Waals surface area (Å²) in [4.78, 5) is 0. The van der Waals surface area contributed by atoms with Crippen molar-refractivity contribution in [2.75, 3.05) is 5.32 Å². The Bertz CT molecular complexity index is 474. The van der Waals surface area contributed by atoms with E-state index in [2.05, 4.69) is 22.4 Å². The molecular weight excluding hydrogens is 238 g/mol. The SMILES string of the molecule is CCn1cc(NCc2cn(C)nc2C)cn1.Cl. The Labute approximate surface area is 107 Å². The van der Waals surface area contributed by atoms with Crippen molar-refractivity contribution in [2.45, 2.75) is 26.9 Å². The molecule has 0 amide bonds. The van der Waals surface area contributed by atoms with Gasteiger partial charge in [-0.25, -0.2) is 0 Å². The average Bonchev–Trinajstić information content (AvgIpc) is 2.82. The summed E-state index contributed by atoms with van der Waals surface area (Å²) < 4.78 is 3.74. The van der Waals surface area contributed by atoms with Crippen LogP contribution in [0.15, 0.2) is 18.6 Å². The van der Waals surface area contributed by atoms with Crippen LogP contribution >= 0.6 is 12.4 Å². The van der Waals surface area contributed by atoms with Gasteiger partial charge in [-0.2, -0.15) is 10.2 Å². The number of hydrogen-bond acceptors (Lipinski definition) is 3. The van der Waals surface area contributed by atoms with Gasteiger partial charge in [-0.1, -0.05) is 0 Å². The Kier molecular flexibility index (Phi) is 4.57. The normalized spacial score (nSPS) is 10.1. The van der Waals surface area contributed by atoms with Crippen LogP contribution in [0.3, 0.4) is 0 Å². The lowest BCUT2D eigenvalue weighted by atomic mass is 10.2. The van der Waals surface area contributed by atoms with Crippen molar-refractivity contribution in [2.24, 2.45) is 7.05 Å². The fourth-order valence-electron chi connectivity index (χ4n) is 1.65. The molecule has 0 atom stereocenters. The monoisotopic (exact) mass is 255 g/mol. The van der Waals surface area contributed by atoms with Crippen molar-refractivity contribution in [3.8, 4) is 0 Å². The Hall–Kier alpha value is -1.49. The zero-order chi connectivity index (χ0) is 11.5. The molecular formula is C11H18ClN5. The maximum atomic E-state index is 4.30. The number of rotatable bonds is 4. The topological polar surface area (TPSA) is 47.7 Å². The van der Waals surface area contributed by atoms with Crippen LogP contribution in [-0.4, -0.2) is 19.6 Å². The molecule has 1 N–H and O–H groups in total. The molecule has 0 fully saturated rings. The standard InChI is InChI=1S/C11H17N5.ClH/c1-4-16-8-11(6-13-16)12-5-10-7-15(3)14-9(10)2;/h6-8,12H,4-5H2,1-3H3;1H. The van der Waals surface area contributed by atoms with Crippen LogP contribution in [0.25, 0.3) is 0 Å². The van der Waals surface area contributed by atoms with E-state index < -0.39 is 0 Å². The van der Waals surface area contributed by atoms with Gasteiger partial charge in [0.05, 0.1) is 17.6 Å². The van der Waals surface area contributed by atoms with Crippen molar-refractivity contribution in [1.29, 1.82) is 0 Å². The lowest BCUT2D eigenvalue weighted by Gasteiger charge is -2.01. The lowest BCUT2D eigenvalue weighted by Crippen LogP contribution is -1.99. The van der Waals surface area contributed by atoms with E-state index in [1.807, 2.05) is 41.9 Å². The maximum Gasteiger partial charge on any atom is 0.0729 e. The fourth-order valence-corrected chi connectivity index (χ4v) is 1.65. The van der Waals surface area contributed by atoms with Gasteiger partial charge in [-0.3, -0.25) is 9.36 Å². The summed E-state index contributed by atoms with van der Waals surface area (Å²) in [5, 5.41) is 11.8. The van der Waals surface area contributed by atoms with Crippen LogP contribution in [0.2, 0.25) is 0 Å². The number of nitrogens with zero attached hydrogens (tertiary/aromatic N) is 4. The summed E-state index contributed by atoms with van der Waals surface area (Å²) in [6.45, 7) is 5.78. The molecule has 5 nitrogen and oxygen atoms in total. The van der Waals surface area contributed by atoms with Gasteiger partial charge in [-0.15, -0.1) is 12.4 Å². The first-order chi connectivity index (χ1) is 7.69. The highest BCUT2D eigenvalue weighted by Gasteiger charge is 2.03. The van der Waals surface area contributed by atoms with Crippen LogP contribution in [0.4, 0.5) is 5.69 Å². The first-order valence-corrected chi connectivity index (χ1v) is 5.44. The van der Waals surface area contributed by atoms with E-state index in [-0.39, 0.29) is 12.4 Å². The number of aromatic nitrogens is 4. The second kappa shape index (κ2) is 5.72. The zero-order valence-electron chi connectivity index (χ0n) is 10.3. The predicted molar refractivity (Wildman–Crippen MR) is 70.4 cm³/mol. The molecule has 0 unspecified atom stereocenters. The minimum Gasteiger partial charge on any atom is -0.378 e. The van der Waals surface area contributed by atoms with Crippen LogP contribution in [0.5, 0.6) is 0 Å². The molecule has 0 bridgehead atoms. The van der Waals surface area contributed by atoms with E-state index in [4.69, 9.17) is 0 Å². The molecule has 0 saturated carbocycles. The highest BCUT2D eigenvalue weighted by atomic mass is 35.5. The van der Waals surface area contributed by atoms with Crippen LogP contribution < -0.4 is 5.32 Å². The highest BCUT2D eigenvalue weighted by Crippen LogP contribution is 2.10. The van der Waals surface area contributed by atoms with E-state index in [1.54, 1.807) is 0 Å². The molecule has 0 aliphatic heterocycles. The van der Waals surface area contributed by atoms with E-state index in [9.17, 15) is 0 Å². The first-order valence-electron chi connectivity index (χ1n) is 5.44. The summed E-state index contributed by atoms with van der Waals surface area (Å²) in [5.74, 6) is 0. The summed E-state index contributed by atoms with van der Waals surface area (Å²) >= 11 is 0. The van der Waals surface area contributed by atoms with Crippen molar-refractivity contribution in [1.82, 2.24) is 19.6 Å². The number of anilines is 1. The summed E-state index contributed by atoms with van der Waals surface area (Å²) in [5.41, 5.74) is 3.33. The largest absolute Gasteiger partial charge is 0.378 e. The molecule has 0 aliphatic carbocycles. The molecule has 17 heavy (non-hydrogen) atoms. The molecule has 0 spiro atoms. The van der Waals surface area contributed by atoms with E-state index in [0.29, 0.717) is 0 Å². The van der Waals surface area contributed by atoms with Gasteiger partial charge in [0.1, 0.15) is 0 Å². The minimum atomic E-state index is 0. The van der Waals surface area contributed by atoms with E-state index in [0.717, 1.165) is 24.5 Å². The number of aryl methyl sites for hydroxylation is 3. The third-order valence-corrected chi connectivity index (χ3v) is 2.56. The van der Waals surface area contributed by atoms with Gasteiger partial charge in [0.25, 0.3) is 0 Å². The van der Waals surface area contributed by atoms with Gasteiger partial charge >= 0.3 is 0 Å². The smallest absolute Gasteiger partial charge is 0.0729 e. The first kappa shape index (κ1) is 13.6. The molecule has 2 aromatic heterocycles. The molecule has 2 rings (SSSR count). The molecule has 94 valence electrons. The maximum absolute atomic E-state index is 4.30. The Morgan fingerprint density at radius 2 is 2.12 bits per heavy atom. The fraction of sp³-hybridized carbons (Fsp3) is 0.455. The quantitative estimate of drug-likeness (QED) is 0.909. The molecule has 6 heteroatoms. The van der Waals surface area contributed by atoms with Gasteiger partial charge < -0.3 is 5.32 Å². The number of hydrogen-bond donors (Lipinski definition) is 1.